The smallest absolute Gasteiger partial charge is 0.268 e. The fourth-order valence-corrected chi connectivity index (χ4v) is 4.47. The second-order valence-electron chi connectivity index (χ2n) is 6.33. The van der Waals surface area contributed by atoms with Crippen molar-refractivity contribution in [3.05, 3.63) is 27.6 Å². The van der Waals surface area contributed by atoms with Crippen molar-refractivity contribution in [1.82, 2.24) is 20.2 Å². The lowest BCUT2D eigenvalue weighted by atomic mass is 9.98. The molecule has 2 N–H and O–H groups in total. The molecule has 2 fully saturated rings. The summed E-state index contributed by atoms with van der Waals surface area (Å²) in [6.45, 7) is 0.713. The van der Waals surface area contributed by atoms with E-state index < -0.39 is 0 Å². The molecule has 2 aliphatic heterocycles. The first-order valence-electron chi connectivity index (χ1n) is 7.62. The van der Waals surface area contributed by atoms with Crippen LogP contribution >= 0.6 is 11.3 Å². The third-order valence-corrected chi connectivity index (χ3v) is 5.74. The molecule has 2 aliphatic rings. The Bertz CT molecular complexity index is 697. The molecule has 5 nitrogen and oxygen atoms in total. The number of thiophene rings is 1. The normalized spacial score (nSPS) is 28.6. The Balaban J connectivity index is 1.52. The number of piperidine rings is 1. The Hall–Kier alpha value is -1.24. The van der Waals surface area contributed by atoms with Crippen LogP contribution in [-0.4, -0.2) is 40.0 Å². The molecule has 21 heavy (non-hydrogen) atoms. The minimum Gasteiger partial charge on any atom is -0.311 e. The van der Waals surface area contributed by atoms with Crippen LogP contribution in [0.2, 0.25) is 0 Å². The van der Waals surface area contributed by atoms with Gasteiger partial charge in [-0.15, -0.1) is 11.3 Å². The van der Waals surface area contributed by atoms with E-state index >= 15 is 0 Å². The zero-order chi connectivity index (χ0) is 14.4. The molecular formula is C15H20N4OS. The second kappa shape index (κ2) is 5.19. The van der Waals surface area contributed by atoms with Crippen LogP contribution in [0.15, 0.2) is 16.2 Å². The molecule has 2 atom stereocenters. The van der Waals surface area contributed by atoms with E-state index in [1.54, 1.807) is 0 Å². The number of aromatic amines is 1. The number of fused-ring (bicyclic) bond motifs is 3. The Labute approximate surface area is 127 Å². The van der Waals surface area contributed by atoms with Gasteiger partial charge < -0.3 is 10.3 Å². The maximum Gasteiger partial charge on any atom is 0.268 e. The lowest BCUT2D eigenvalue weighted by Gasteiger charge is -2.35. The average Bonchev–Trinajstić information content (AvgIpc) is 3.05. The van der Waals surface area contributed by atoms with Crippen LogP contribution in [0.3, 0.4) is 0 Å². The molecule has 2 saturated heterocycles. The lowest BCUT2D eigenvalue weighted by molar-refractivity contribution is 0.162. The van der Waals surface area contributed by atoms with Crippen molar-refractivity contribution in [2.24, 2.45) is 0 Å². The van der Waals surface area contributed by atoms with E-state index in [1.165, 1.54) is 37.0 Å². The maximum absolute atomic E-state index is 12.0. The minimum absolute atomic E-state index is 0.0104. The van der Waals surface area contributed by atoms with Crippen molar-refractivity contribution in [1.29, 1.82) is 0 Å². The fourth-order valence-electron chi connectivity index (χ4n) is 3.75. The summed E-state index contributed by atoms with van der Waals surface area (Å²) in [4.78, 5) is 21.9. The Morgan fingerprint density at radius 1 is 1.38 bits per heavy atom. The van der Waals surface area contributed by atoms with Gasteiger partial charge >= 0.3 is 0 Å². The van der Waals surface area contributed by atoms with Gasteiger partial charge in [-0.25, -0.2) is 4.98 Å². The highest BCUT2D eigenvalue weighted by Gasteiger charge is 2.35. The maximum atomic E-state index is 12.0. The van der Waals surface area contributed by atoms with E-state index in [-0.39, 0.29) is 5.56 Å². The molecular weight excluding hydrogens is 284 g/mol. The molecule has 2 aromatic heterocycles. The summed E-state index contributed by atoms with van der Waals surface area (Å²) in [5.41, 5.74) is 0.807. The van der Waals surface area contributed by atoms with Gasteiger partial charge in [0.1, 0.15) is 10.5 Å². The van der Waals surface area contributed by atoms with Crippen molar-refractivity contribution >= 4 is 21.6 Å². The number of nitrogens with one attached hydrogen (secondary N) is 2. The number of hydrogen-bond acceptors (Lipinski definition) is 5. The van der Waals surface area contributed by atoms with Crippen LogP contribution < -0.4 is 10.9 Å². The van der Waals surface area contributed by atoms with Crippen molar-refractivity contribution in [2.75, 3.05) is 7.05 Å². The van der Waals surface area contributed by atoms with Gasteiger partial charge in [-0.3, -0.25) is 9.69 Å². The molecule has 4 rings (SSSR count). The third-order valence-electron chi connectivity index (χ3n) is 4.83. The number of rotatable bonds is 3. The van der Waals surface area contributed by atoms with E-state index in [4.69, 9.17) is 0 Å². The molecule has 2 aromatic rings. The van der Waals surface area contributed by atoms with Crippen molar-refractivity contribution in [3.63, 3.8) is 0 Å². The Morgan fingerprint density at radius 3 is 2.90 bits per heavy atom. The highest BCUT2D eigenvalue weighted by atomic mass is 32.1. The zero-order valence-corrected chi connectivity index (χ0v) is 12.9. The summed E-state index contributed by atoms with van der Waals surface area (Å²) >= 11 is 1.45. The molecule has 0 spiro atoms. The topological polar surface area (TPSA) is 61.0 Å². The molecule has 2 bridgehead atoms. The summed E-state index contributed by atoms with van der Waals surface area (Å²) in [6, 6.07) is 3.88. The van der Waals surface area contributed by atoms with E-state index in [0.717, 1.165) is 16.0 Å². The van der Waals surface area contributed by atoms with Gasteiger partial charge in [0.15, 0.2) is 0 Å². The molecule has 0 aliphatic carbocycles. The van der Waals surface area contributed by atoms with Crippen LogP contribution in [-0.2, 0) is 6.54 Å². The van der Waals surface area contributed by atoms with E-state index in [0.29, 0.717) is 24.7 Å². The summed E-state index contributed by atoms with van der Waals surface area (Å²) in [6.07, 6.45) is 5.03. The fraction of sp³-hybridized carbons (Fsp3) is 0.600. The molecule has 0 radical (unpaired) electrons. The highest BCUT2D eigenvalue weighted by molar-refractivity contribution is 7.17. The lowest BCUT2D eigenvalue weighted by Crippen LogP contribution is -2.46. The molecule has 0 saturated carbocycles. The average molecular weight is 304 g/mol. The van der Waals surface area contributed by atoms with Gasteiger partial charge in [-0.1, -0.05) is 0 Å². The summed E-state index contributed by atoms with van der Waals surface area (Å²) in [5, 5.41) is 5.59. The molecule has 0 amide bonds. The summed E-state index contributed by atoms with van der Waals surface area (Å²) in [5.74, 6) is 0.777. The Morgan fingerprint density at radius 2 is 2.14 bits per heavy atom. The van der Waals surface area contributed by atoms with Gasteiger partial charge in [0.2, 0.25) is 0 Å². The number of hydrogen-bond donors (Lipinski definition) is 2. The standard InChI is InChI=1S/C15H20N4OS/c1-19(11-6-9-2-3-10(7-11)16-9)8-13-17-12-4-5-21-14(12)15(20)18-13/h4-5,9-11,16H,2-3,6-8H2,1H3,(H,17,18,20). The predicted octanol–water partition coefficient (Wildman–Crippen LogP) is 1.70. The van der Waals surface area contributed by atoms with Crippen molar-refractivity contribution < 1.29 is 0 Å². The van der Waals surface area contributed by atoms with Crippen LogP contribution in [0.5, 0.6) is 0 Å². The van der Waals surface area contributed by atoms with Crippen molar-refractivity contribution in [2.45, 2.75) is 50.4 Å². The van der Waals surface area contributed by atoms with Gasteiger partial charge in [-0.05, 0) is 44.2 Å². The van der Waals surface area contributed by atoms with Crippen LogP contribution in [0.4, 0.5) is 0 Å². The highest BCUT2D eigenvalue weighted by Crippen LogP contribution is 2.29. The Kier molecular flexibility index (Phi) is 3.32. The molecule has 2 unspecified atom stereocenters. The van der Waals surface area contributed by atoms with Crippen LogP contribution in [0.25, 0.3) is 10.2 Å². The van der Waals surface area contributed by atoms with Crippen molar-refractivity contribution in [3.8, 4) is 0 Å². The monoisotopic (exact) mass is 304 g/mol. The van der Waals surface area contributed by atoms with Gasteiger partial charge in [-0.2, -0.15) is 0 Å². The van der Waals surface area contributed by atoms with Gasteiger partial charge in [0, 0.05) is 18.1 Å². The van der Waals surface area contributed by atoms with E-state index in [1.807, 2.05) is 11.4 Å². The first-order chi connectivity index (χ1) is 10.2. The number of nitrogens with zero attached hydrogens (tertiary/aromatic N) is 2. The largest absolute Gasteiger partial charge is 0.311 e. The zero-order valence-electron chi connectivity index (χ0n) is 12.1. The minimum atomic E-state index is -0.0104. The van der Waals surface area contributed by atoms with Crippen LogP contribution in [0, 0.1) is 0 Å². The molecule has 4 heterocycles. The van der Waals surface area contributed by atoms with E-state index in [9.17, 15) is 4.79 Å². The number of aromatic nitrogens is 2. The molecule has 0 aromatic carbocycles. The van der Waals surface area contributed by atoms with Gasteiger partial charge in [0.25, 0.3) is 5.56 Å². The van der Waals surface area contributed by atoms with E-state index in [2.05, 4.69) is 27.2 Å². The predicted molar refractivity (Wildman–Crippen MR) is 84.7 cm³/mol. The summed E-state index contributed by atoms with van der Waals surface area (Å²) < 4.78 is 0.723. The SMILES string of the molecule is CN(Cc1nc2ccsc2c(=O)[nH]1)C1CC2CCC(C1)N2. The molecule has 6 heteroatoms. The van der Waals surface area contributed by atoms with Gasteiger partial charge in [0.05, 0.1) is 12.1 Å². The summed E-state index contributed by atoms with van der Waals surface area (Å²) in [7, 11) is 2.15. The second-order valence-corrected chi connectivity index (χ2v) is 7.24. The number of H-pyrrole nitrogens is 1. The first kappa shape index (κ1) is 13.4. The quantitative estimate of drug-likeness (QED) is 0.906. The first-order valence-corrected chi connectivity index (χ1v) is 8.49. The third kappa shape index (κ3) is 2.52. The molecule has 112 valence electrons. The van der Waals surface area contributed by atoms with Crippen LogP contribution in [0.1, 0.15) is 31.5 Å².